The van der Waals surface area contributed by atoms with Crippen LogP contribution in [0.2, 0.25) is 39.3 Å². The first-order valence-corrected chi connectivity index (χ1v) is 23.5. The third kappa shape index (κ3) is 4.51. The van der Waals surface area contributed by atoms with Gasteiger partial charge in [-0.05, 0) is 85.2 Å². The van der Waals surface area contributed by atoms with E-state index in [4.69, 9.17) is 19.9 Å². The van der Waals surface area contributed by atoms with Crippen LogP contribution in [0.5, 0.6) is 0 Å². The van der Waals surface area contributed by atoms with Crippen molar-refractivity contribution in [3.8, 4) is 0 Å². The van der Waals surface area contributed by atoms with Crippen LogP contribution in [-0.2, 0) is 10.6 Å². The highest BCUT2D eigenvalue weighted by Crippen LogP contribution is 2.64. The summed E-state index contributed by atoms with van der Waals surface area (Å²) in [5, 5.41) is 2.52. The van der Waals surface area contributed by atoms with Crippen molar-refractivity contribution in [1.29, 1.82) is 0 Å². The standard InChI is InChI=1S/C32H46N4P2Si2/c1-39(2,3)27-18-25(31(20-37)23-14-21-13-22(16-23)17-24(31)15-21)26(19-28(27)40(4,5)6)32(38,29-33-9-7-10-34-29)30-35-11-8-12-36-30/h7-12,18-19,21-24H,13-17,20,37-38H2,1-6H3. The fourth-order valence-corrected chi connectivity index (χ4v) is 15.4. The van der Waals surface area contributed by atoms with Crippen molar-refractivity contribution in [2.75, 3.05) is 6.16 Å². The Bertz CT molecular complexity index is 1320. The fourth-order valence-electron chi connectivity index (χ4n) is 8.81. The van der Waals surface area contributed by atoms with Crippen molar-refractivity contribution in [3.63, 3.8) is 0 Å². The van der Waals surface area contributed by atoms with Crippen LogP contribution in [0.3, 0.4) is 0 Å². The Kier molecular flexibility index (Phi) is 7.30. The van der Waals surface area contributed by atoms with Crippen LogP contribution in [0.15, 0.2) is 49.1 Å². The molecule has 40 heavy (non-hydrogen) atoms. The van der Waals surface area contributed by atoms with Crippen molar-refractivity contribution >= 4 is 45.0 Å². The molecule has 2 unspecified atom stereocenters. The van der Waals surface area contributed by atoms with E-state index in [0.29, 0.717) is 0 Å². The molecule has 7 rings (SSSR count). The van der Waals surface area contributed by atoms with Gasteiger partial charge in [0.05, 0.1) is 16.1 Å². The van der Waals surface area contributed by atoms with Crippen LogP contribution < -0.4 is 10.4 Å². The zero-order valence-corrected chi connectivity index (χ0v) is 29.4. The molecule has 2 heterocycles. The molecule has 4 bridgehead atoms. The van der Waals surface area contributed by atoms with Gasteiger partial charge in [-0.25, -0.2) is 19.9 Å². The van der Waals surface area contributed by atoms with Gasteiger partial charge in [-0.3, -0.25) is 0 Å². The molecule has 4 fully saturated rings. The largest absolute Gasteiger partial charge is 0.240 e. The maximum absolute atomic E-state index is 4.90. The molecule has 0 N–H and O–H groups in total. The first-order chi connectivity index (χ1) is 18.9. The molecular weight excluding hydrogens is 559 g/mol. The summed E-state index contributed by atoms with van der Waals surface area (Å²) in [7, 11) is 3.09. The van der Waals surface area contributed by atoms with E-state index in [2.05, 4.69) is 69.9 Å². The second kappa shape index (κ2) is 10.1. The molecule has 0 radical (unpaired) electrons. The predicted molar refractivity (Wildman–Crippen MR) is 179 cm³/mol. The zero-order chi connectivity index (χ0) is 28.5. The summed E-state index contributed by atoms with van der Waals surface area (Å²) in [5.74, 6) is 4.83. The topological polar surface area (TPSA) is 51.6 Å². The zero-order valence-electron chi connectivity index (χ0n) is 25.1. The highest BCUT2D eigenvalue weighted by molar-refractivity contribution is 7.19. The minimum Gasteiger partial charge on any atom is -0.240 e. The Morgan fingerprint density at radius 2 is 1.15 bits per heavy atom. The Labute approximate surface area is 247 Å². The smallest absolute Gasteiger partial charge is 0.150 e. The van der Waals surface area contributed by atoms with E-state index in [1.807, 2.05) is 36.9 Å². The summed E-state index contributed by atoms with van der Waals surface area (Å²) in [6, 6.07) is 9.16. The van der Waals surface area contributed by atoms with Gasteiger partial charge >= 0.3 is 0 Å². The lowest BCUT2D eigenvalue weighted by molar-refractivity contribution is -0.0504. The number of aromatic nitrogens is 4. The molecule has 2 aromatic heterocycles. The van der Waals surface area contributed by atoms with E-state index in [1.165, 1.54) is 37.7 Å². The molecule has 0 spiro atoms. The van der Waals surface area contributed by atoms with E-state index >= 15 is 0 Å². The molecule has 4 aliphatic rings. The van der Waals surface area contributed by atoms with Gasteiger partial charge in [0, 0.05) is 30.2 Å². The number of nitrogens with zero attached hydrogens (tertiary/aromatic N) is 4. The molecule has 212 valence electrons. The van der Waals surface area contributed by atoms with Crippen LogP contribution >= 0.6 is 18.5 Å². The van der Waals surface area contributed by atoms with Gasteiger partial charge in [0.15, 0.2) is 0 Å². The Morgan fingerprint density at radius 1 is 0.725 bits per heavy atom. The molecule has 8 heteroatoms. The third-order valence-electron chi connectivity index (χ3n) is 10.5. The molecule has 0 saturated heterocycles. The molecule has 1 aromatic carbocycles. The van der Waals surface area contributed by atoms with Gasteiger partial charge in [0.1, 0.15) is 16.8 Å². The predicted octanol–water partition coefficient (Wildman–Crippen LogP) is 6.09. The molecular formula is C32H46N4P2Si2. The quantitative estimate of drug-likeness (QED) is 0.242. The van der Waals surface area contributed by atoms with Crippen molar-refractivity contribution in [3.05, 3.63) is 71.8 Å². The molecule has 4 aliphatic carbocycles. The maximum atomic E-state index is 4.90. The van der Waals surface area contributed by atoms with E-state index < -0.39 is 21.3 Å². The highest BCUT2D eigenvalue weighted by atomic mass is 31.0. The average molecular weight is 605 g/mol. The molecule has 2 atom stereocenters. The van der Waals surface area contributed by atoms with E-state index in [0.717, 1.165) is 41.5 Å². The normalized spacial score (nSPS) is 28.2. The van der Waals surface area contributed by atoms with Crippen LogP contribution in [0.25, 0.3) is 0 Å². The van der Waals surface area contributed by atoms with Gasteiger partial charge in [-0.2, -0.15) is 0 Å². The van der Waals surface area contributed by atoms with E-state index in [-0.39, 0.29) is 5.41 Å². The van der Waals surface area contributed by atoms with Crippen molar-refractivity contribution in [2.45, 2.75) is 82.0 Å². The highest BCUT2D eigenvalue weighted by Gasteiger charge is 2.59. The monoisotopic (exact) mass is 604 g/mol. The van der Waals surface area contributed by atoms with Gasteiger partial charge in [0.2, 0.25) is 0 Å². The lowest BCUT2D eigenvalue weighted by Crippen LogP contribution is -2.60. The van der Waals surface area contributed by atoms with Crippen LogP contribution in [0.1, 0.15) is 54.9 Å². The van der Waals surface area contributed by atoms with Gasteiger partial charge in [0.25, 0.3) is 0 Å². The minimum atomic E-state index is -1.70. The number of rotatable bonds is 7. The Hall–Kier alpha value is -1.33. The number of hydrogen-bond donors (Lipinski definition) is 0. The van der Waals surface area contributed by atoms with E-state index in [9.17, 15) is 0 Å². The first-order valence-electron chi connectivity index (χ1n) is 15.1. The molecule has 0 aliphatic heterocycles. The number of hydrogen-bond acceptors (Lipinski definition) is 4. The van der Waals surface area contributed by atoms with Crippen molar-refractivity contribution < 1.29 is 0 Å². The lowest BCUT2D eigenvalue weighted by atomic mass is 9.44. The first kappa shape index (κ1) is 28.8. The van der Waals surface area contributed by atoms with Crippen molar-refractivity contribution in [2.24, 2.45) is 23.7 Å². The molecule has 4 saturated carbocycles. The molecule has 4 nitrogen and oxygen atoms in total. The summed E-state index contributed by atoms with van der Waals surface area (Å²) in [6.07, 6.45) is 15.6. The summed E-state index contributed by atoms with van der Waals surface area (Å²) < 4.78 is 0. The van der Waals surface area contributed by atoms with E-state index in [1.54, 1.807) is 15.9 Å². The second-order valence-electron chi connectivity index (χ2n) is 14.9. The fraction of sp³-hybridized carbons (Fsp3) is 0.562. The Morgan fingerprint density at radius 3 is 1.55 bits per heavy atom. The van der Waals surface area contributed by atoms with Gasteiger partial charge in [-0.15, -0.1) is 18.5 Å². The van der Waals surface area contributed by atoms with Crippen LogP contribution in [-0.4, -0.2) is 42.2 Å². The summed E-state index contributed by atoms with van der Waals surface area (Å²) in [6.45, 7) is 15.1. The van der Waals surface area contributed by atoms with Crippen molar-refractivity contribution in [1.82, 2.24) is 19.9 Å². The van der Waals surface area contributed by atoms with Crippen LogP contribution in [0.4, 0.5) is 0 Å². The average Bonchev–Trinajstić information content (AvgIpc) is 2.92. The molecule has 3 aromatic rings. The Balaban J connectivity index is 1.73. The number of benzene rings is 1. The van der Waals surface area contributed by atoms with Crippen LogP contribution in [0, 0.1) is 23.7 Å². The van der Waals surface area contributed by atoms with Gasteiger partial charge in [-0.1, -0.05) is 61.8 Å². The maximum Gasteiger partial charge on any atom is 0.150 e. The summed E-state index contributed by atoms with van der Waals surface area (Å²) in [4.78, 5) is 19.6. The second-order valence-corrected chi connectivity index (χ2v) is 26.3. The van der Waals surface area contributed by atoms with Gasteiger partial charge < -0.3 is 0 Å². The summed E-state index contributed by atoms with van der Waals surface area (Å²) in [5.41, 5.74) is 3.01. The third-order valence-corrected chi connectivity index (χ3v) is 16.3. The lowest BCUT2D eigenvalue weighted by Gasteiger charge is -2.62. The summed E-state index contributed by atoms with van der Waals surface area (Å²) >= 11 is 0. The molecule has 0 amide bonds. The SMILES string of the molecule is C[Si](C)(C)c1cc(C(P)(c2ncccn2)c2ncccn2)c(C2(CP)C3CC4CC(C3)CC2C4)cc1[Si](C)(C)C. The minimum absolute atomic E-state index is 0.144.